The monoisotopic (exact) mass is 392 g/mol. The van der Waals surface area contributed by atoms with Gasteiger partial charge in [0, 0.05) is 30.9 Å². The number of hydrogen-bond acceptors (Lipinski definition) is 6. The van der Waals surface area contributed by atoms with Gasteiger partial charge < -0.3 is 14.5 Å². The highest BCUT2D eigenvalue weighted by molar-refractivity contribution is 7.16. The number of carbonyl (C=O) groups is 3. The molecule has 0 atom stereocenters. The molecule has 0 saturated carbocycles. The van der Waals surface area contributed by atoms with Crippen molar-refractivity contribution in [1.82, 2.24) is 14.8 Å². The molecule has 0 spiro atoms. The second-order valence-corrected chi connectivity index (χ2v) is 8.59. The van der Waals surface area contributed by atoms with Crippen LogP contribution in [0, 0.1) is 0 Å². The number of hydrogen-bond donors (Lipinski definition) is 0. The third-order valence-corrected chi connectivity index (χ3v) is 5.49. The molecule has 2 aliphatic rings. The molecular formula is C18H24N4O4S. The van der Waals surface area contributed by atoms with Crippen LogP contribution in [0.5, 0.6) is 0 Å². The van der Waals surface area contributed by atoms with Crippen molar-refractivity contribution in [3.8, 4) is 0 Å². The molecule has 3 heterocycles. The number of nitrogens with zero attached hydrogens (tertiary/aromatic N) is 4. The fourth-order valence-electron chi connectivity index (χ4n) is 2.98. The summed E-state index contributed by atoms with van der Waals surface area (Å²) >= 11 is 1.48. The van der Waals surface area contributed by atoms with Crippen LogP contribution in [0.4, 0.5) is 9.93 Å². The van der Waals surface area contributed by atoms with E-state index in [0.717, 1.165) is 10.6 Å². The van der Waals surface area contributed by atoms with E-state index >= 15 is 0 Å². The van der Waals surface area contributed by atoms with Crippen LogP contribution in [0.3, 0.4) is 0 Å². The summed E-state index contributed by atoms with van der Waals surface area (Å²) in [5.41, 5.74) is 0.268. The van der Waals surface area contributed by atoms with E-state index in [9.17, 15) is 14.4 Å². The summed E-state index contributed by atoms with van der Waals surface area (Å²) in [5.74, 6) is -0.402. The lowest BCUT2D eigenvalue weighted by atomic mass is 10.2. The standard InChI is InChI=1S/C18H24N4O4S/c1-5-14(23)20-8-9-22(15(24)11-20)16-19-12-10-21(7-6-13(12)27-16)17(25)26-18(2,3)4/h5H,1,6-11H2,2-4H3. The molecular weight excluding hydrogens is 368 g/mol. The molecule has 1 aromatic heterocycles. The summed E-state index contributed by atoms with van der Waals surface area (Å²) in [5, 5.41) is 0.627. The third-order valence-electron chi connectivity index (χ3n) is 4.31. The molecule has 0 N–H and O–H groups in total. The molecule has 3 rings (SSSR count). The molecule has 0 bridgehead atoms. The summed E-state index contributed by atoms with van der Waals surface area (Å²) in [7, 11) is 0. The largest absolute Gasteiger partial charge is 0.444 e. The number of thiazole rings is 1. The first kappa shape index (κ1) is 19.3. The smallest absolute Gasteiger partial charge is 0.410 e. The minimum atomic E-state index is -0.542. The van der Waals surface area contributed by atoms with E-state index in [1.54, 1.807) is 9.80 Å². The summed E-state index contributed by atoms with van der Waals surface area (Å²) in [6.07, 6.45) is 1.56. The molecule has 1 saturated heterocycles. The number of amides is 3. The van der Waals surface area contributed by atoms with E-state index in [-0.39, 0.29) is 24.5 Å². The van der Waals surface area contributed by atoms with Crippen LogP contribution in [-0.2, 0) is 27.3 Å². The Morgan fingerprint density at radius 1 is 1.19 bits per heavy atom. The van der Waals surface area contributed by atoms with Crippen molar-refractivity contribution in [2.24, 2.45) is 0 Å². The normalized spacial score (nSPS) is 17.6. The highest BCUT2D eigenvalue weighted by Gasteiger charge is 2.32. The fraction of sp³-hybridized carbons (Fsp3) is 0.556. The molecule has 146 valence electrons. The first-order valence-corrected chi connectivity index (χ1v) is 9.68. The Balaban J connectivity index is 1.68. The van der Waals surface area contributed by atoms with Gasteiger partial charge in [-0.1, -0.05) is 6.58 Å². The van der Waals surface area contributed by atoms with Gasteiger partial charge in [-0.05, 0) is 26.8 Å². The first-order chi connectivity index (χ1) is 12.7. The van der Waals surface area contributed by atoms with Crippen LogP contribution >= 0.6 is 11.3 Å². The van der Waals surface area contributed by atoms with Crippen LogP contribution in [-0.4, -0.2) is 64.5 Å². The van der Waals surface area contributed by atoms with Gasteiger partial charge in [0.1, 0.15) is 12.1 Å². The van der Waals surface area contributed by atoms with Crippen molar-refractivity contribution >= 4 is 34.4 Å². The lowest BCUT2D eigenvalue weighted by molar-refractivity contribution is -0.133. The van der Waals surface area contributed by atoms with Gasteiger partial charge in [-0.25, -0.2) is 9.78 Å². The van der Waals surface area contributed by atoms with Crippen LogP contribution < -0.4 is 4.90 Å². The van der Waals surface area contributed by atoms with Crippen molar-refractivity contribution < 1.29 is 19.1 Å². The van der Waals surface area contributed by atoms with E-state index in [1.165, 1.54) is 22.3 Å². The molecule has 27 heavy (non-hydrogen) atoms. The summed E-state index contributed by atoms with van der Waals surface area (Å²) in [6.45, 7) is 10.8. The maximum absolute atomic E-state index is 12.4. The zero-order valence-electron chi connectivity index (χ0n) is 15.9. The highest BCUT2D eigenvalue weighted by atomic mass is 32.1. The molecule has 3 amide bonds. The zero-order chi connectivity index (χ0) is 19.8. The maximum Gasteiger partial charge on any atom is 0.410 e. The van der Waals surface area contributed by atoms with Gasteiger partial charge in [0.05, 0.1) is 12.2 Å². The first-order valence-electron chi connectivity index (χ1n) is 8.86. The molecule has 0 radical (unpaired) electrons. The highest BCUT2D eigenvalue weighted by Crippen LogP contribution is 2.32. The van der Waals surface area contributed by atoms with Gasteiger partial charge in [-0.2, -0.15) is 0 Å². The predicted octanol–water partition coefficient (Wildman–Crippen LogP) is 1.80. The van der Waals surface area contributed by atoms with Crippen molar-refractivity contribution in [3.63, 3.8) is 0 Å². The van der Waals surface area contributed by atoms with E-state index in [4.69, 9.17) is 4.74 Å². The Labute approximate surface area is 162 Å². The van der Waals surface area contributed by atoms with Gasteiger partial charge >= 0.3 is 6.09 Å². The molecule has 2 aliphatic heterocycles. The molecule has 0 unspecified atom stereocenters. The Morgan fingerprint density at radius 3 is 2.56 bits per heavy atom. The molecule has 9 heteroatoms. The molecule has 0 aromatic carbocycles. The van der Waals surface area contributed by atoms with E-state index in [0.29, 0.717) is 37.7 Å². The number of aromatic nitrogens is 1. The van der Waals surface area contributed by atoms with E-state index in [1.807, 2.05) is 20.8 Å². The number of rotatable bonds is 2. The molecule has 0 aliphatic carbocycles. The predicted molar refractivity (Wildman–Crippen MR) is 102 cm³/mol. The zero-order valence-corrected chi connectivity index (χ0v) is 16.7. The lowest BCUT2D eigenvalue weighted by Gasteiger charge is -2.32. The molecule has 8 nitrogen and oxygen atoms in total. The van der Waals surface area contributed by atoms with Crippen molar-refractivity contribution in [1.29, 1.82) is 0 Å². The SMILES string of the molecule is C=CC(=O)N1CCN(c2nc3c(s2)CCN(C(=O)OC(C)(C)C)C3)C(=O)C1. The minimum Gasteiger partial charge on any atom is -0.444 e. The van der Waals surface area contributed by atoms with E-state index in [2.05, 4.69) is 11.6 Å². The van der Waals surface area contributed by atoms with Crippen LogP contribution in [0.2, 0.25) is 0 Å². The Kier molecular flexibility index (Phi) is 5.23. The van der Waals surface area contributed by atoms with Gasteiger partial charge in [0.25, 0.3) is 0 Å². The van der Waals surface area contributed by atoms with Gasteiger partial charge in [-0.15, -0.1) is 11.3 Å². The second-order valence-electron chi connectivity index (χ2n) is 7.53. The third kappa shape index (κ3) is 4.29. The van der Waals surface area contributed by atoms with Crippen LogP contribution in [0.25, 0.3) is 0 Å². The van der Waals surface area contributed by atoms with Crippen LogP contribution in [0.15, 0.2) is 12.7 Å². The quantitative estimate of drug-likeness (QED) is 0.717. The number of fused-ring (bicyclic) bond motifs is 1. The number of ether oxygens (including phenoxy) is 1. The number of piperazine rings is 1. The Hall–Kier alpha value is -2.42. The van der Waals surface area contributed by atoms with Gasteiger partial charge in [0.15, 0.2) is 5.13 Å². The van der Waals surface area contributed by atoms with Crippen LogP contribution in [0.1, 0.15) is 31.3 Å². The Bertz CT molecular complexity index is 783. The van der Waals surface area contributed by atoms with Crippen molar-refractivity contribution in [2.75, 3.05) is 31.1 Å². The fourth-order valence-corrected chi connectivity index (χ4v) is 4.08. The van der Waals surface area contributed by atoms with Gasteiger partial charge in [-0.3, -0.25) is 14.5 Å². The summed E-state index contributed by atoms with van der Waals surface area (Å²) < 4.78 is 5.43. The van der Waals surface area contributed by atoms with Crippen molar-refractivity contribution in [2.45, 2.75) is 39.3 Å². The summed E-state index contributed by atoms with van der Waals surface area (Å²) in [4.78, 5) is 46.8. The maximum atomic E-state index is 12.4. The second kappa shape index (κ2) is 7.30. The molecule has 1 aromatic rings. The van der Waals surface area contributed by atoms with E-state index < -0.39 is 5.60 Å². The lowest BCUT2D eigenvalue weighted by Crippen LogP contribution is -2.52. The number of carbonyl (C=O) groups excluding carboxylic acids is 3. The van der Waals surface area contributed by atoms with Gasteiger partial charge in [0.2, 0.25) is 11.8 Å². The number of anilines is 1. The average molecular weight is 392 g/mol. The minimum absolute atomic E-state index is 0.0269. The summed E-state index contributed by atoms with van der Waals surface area (Å²) in [6, 6.07) is 0. The Morgan fingerprint density at radius 2 is 1.93 bits per heavy atom. The van der Waals surface area contributed by atoms with Crippen molar-refractivity contribution in [3.05, 3.63) is 23.2 Å². The average Bonchev–Trinajstić information content (AvgIpc) is 3.02. The topological polar surface area (TPSA) is 83.1 Å². The molecule has 1 fully saturated rings.